The van der Waals surface area contributed by atoms with Gasteiger partial charge >= 0.3 is 0 Å². The summed E-state index contributed by atoms with van der Waals surface area (Å²) in [6.45, 7) is 2.71. The summed E-state index contributed by atoms with van der Waals surface area (Å²) < 4.78 is 6.48. The van der Waals surface area contributed by atoms with Crippen molar-refractivity contribution < 1.29 is 4.74 Å². The molecule has 0 aliphatic carbocycles. The van der Waals surface area contributed by atoms with Gasteiger partial charge in [-0.25, -0.2) is 0 Å². The fourth-order valence-electron chi connectivity index (χ4n) is 2.51. The number of nitrogens with two attached hydrogens (primary N) is 1. The second kappa shape index (κ2) is 6.68. The zero-order valence-electron chi connectivity index (χ0n) is 11.1. The summed E-state index contributed by atoms with van der Waals surface area (Å²) in [6, 6.07) is 6.04. The first kappa shape index (κ1) is 14.8. The van der Waals surface area contributed by atoms with Crippen LogP contribution in [0.4, 0.5) is 5.69 Å². The van der Waals surface area contributed by atoms with E-state index in [1.54, 1.807) is 0 Å². The van der Waals surface area contributed by atoms with E-state index in [4.69, 9.17) is 22.7 Å². The molecule has 104 valence electrons. The van der Waals surface area contributed by atoms with Crippen molar-refractivity contribution in [1.82, 2.24) is 0 Å². The smallest absolute Gasteiger partial charge is 0.107 e. The van der Waals surface area contributed by atoms with Crippen molar-refractivity contribution in [2.75, 3.05) is 31.7 Å². The van der Waals surface area contributed by atoms with Crippen LogP contribution in [0, 0.1) is 5.92 Å². The van der Waals surface area contributed by atoms with Gasteiger partial charge < -0.3 is 15.4 Å². The monoisotopic (exact) mass is 342 g/mol. The molecule has 1 aliphatic rings. The second-order valence-corrected chi connectivity index (χ2v) is 6.26. The Morgan fingerprint density at radius 1 is 1.58 bits per heavy atom. The molecule has 19 heavy (non-hydrogen) atoms. The van der Waals surface area contributed by atoms with Crippen molar-refractivity contribution in [2.45, 2.75) is 12.8 Å². The van der Waals surface area contributed by atoms with E-state index in [-0.39, 0.29) is 0 Å². The van der Waals surface area contributed by atoms with Crippen LogP contribution >= 0.6 is 28.1 Å². The molecule has 1 aromatic rings. The van der Waals surface area contributed by atoms with Crippen LogP contribution in [0.1, 0.15) is 18.4 Å². The summed E-state index contributed by atoms with van der Waals surface area (Å²) in [6.07, 6.45) is 2.37. The van der Waals surface area contributed by atoms with Crippen molar-refractivity contribution in [1.29, 1.82) is 0 Å². The molecule has 1 aliphatic heterocycles. The van der Waals surface area contributed by atoms with Gasteiger partial charge in [-0.1, -0.05) is 18.3 Å². The van der Waals surface area contributed by atoms with Crippen LogP contribution in [0.3, 0.4) is 0 Å². The summed E-state index contributed by atoms with van der Waals surface area (Å²) in [4.78, 5) is 2.65. The van der Waals surface area contributed by atoms with Crippen LogP contribution in [0.25, 0.3) is 0 Å². The molecular weight excluding hydrogens is 324 g/mol. The van der Waals surface area contributed by atoms with Gasteiger partial charge in [-0.15, -0.1) is 0 Å². The third-order valence-corrected chi connectivity index (χ3v) is 4.30. The minimum Gasteiger partial charge on any atom is -0.389 e. The van der Waals surface area contributed by atoms with E-state index < -0.39 is 0 Å². The fourth-order valence-corrected chi connectivity index (χ4v) is 3.43. The quantitative estimate of drug-likeness (QED) is 0.853. The number of hydrogen-bond donors (Lipinski definition) is 1. The molecule has 0 saturated carbocycles. The van der Waals surface area contributed by atoms with E-state index in [9.17, 15) is 0 Å². The molecule has 1 heterocycles. The molecule has 1 aromatic carbocycles. The fraction of sp³-hybridized carbons (Fsp3) is 0.500. The van der Waals surface area contributed by atoms with E-state index in [0.29, 0.717) is 10.9 Å². The summed E-state index contributed by atoms with van der Waals surface area (Å²) >= 11 is 8.68. The zero-order valence-corrected chi connectivity index (χ0v) is 13.5. The zero-order chi connectivity index (χ0) is 13.8. The van der Waals surface area contributed by atoms with Crippen LogP contribution in [-0.4, -0.2) is 31.8 Å². The maximum atomic E-state index is 5.84. The van der Waals surface area contributed by atoms with E-state index in [1.165, 1.54) is 6.42 Å². The Morgan fingerprint density at radius 2 is 2.37 bits per heavy atom. The molecule has 5 heteroatoms. The molecule has 2 N–H and O–H groups in total. The van der Waals surface area contributed by atoms with Crippen molar-refractivity contribution >= 4 is 38.8 Å². The van der Waals surface area contributed by atoms with Crippen LogP contribution in [0.5, 0.6) is 0 Å². The Labute approximate surface area is 128 Å². The number of ether oxygens (including phenoxy) is 1. The average Bonchev–Trinajstić information content (AvgIpc) is 2.39. The van der Waals surface area contributed by atoms with Gasteiger partial charge in [0.05, 0.1) is 6.61 Å². The number of halogens is 1. The summed E-state index contributed by atoms with van der Waals surface area (Å²) in [7, 11) is 2.08. The highest BCUT2D eigenvalue weighted by Gasteiger charge is 2.19. The van der Waals surface area contributed by atoms with Gasteiger partial charge in [0.1, 0.15) is 4.99 Å². The molecule has 1 atom stereocenters. The van der Waals surface area contributed by atoms with E-state index in [0.717, 1.165) is 41.9 Å². The number of hydrogen-bond acceptors (Lipinski definition) is 3. The largest absolute Gasteiger partial charge is 0.389 e. The summed E-state index contributed by atoms with van der Waals surface area (Å²) in [5.41, 5.74) is 7.83. The predicted octanol–water partition coefficient (Wildman–Crippen LogP) is 2.95. The molecule has 0 amide bonds. The summed E-state index contributed by atoms with van der Waals surface area (Å²) in [5.74, 6) is 0.580. The predicted molar refractivity (Wildman–Crippen MR) is 86.8 cm³/mol. The van der Waals surface area contributed by atoms with Gasteiger partial charge in [0, 0.05) is 35.9 Å². The highest BCUT2D eigenvalue weighted by molar-refractivity contribution is 9.10. The molecule has 0 spiro atoms. The lowest BCUT2D eigenvalue weighted by atomic mass is 10.0. The third-order valence-electron chi connectivity index (χ3n) is 3.44. The molecule has 1 unspecified atom stereocenters. The van der Waals surface area contributed by atoms with Crippen molar-refractivity contribution in [3.8, 4) is 0 Å². The number of anilines is 1. The molecule has 1 saturated heterocycles. The SMILES string of the molecule is CN(CC1CCCOC1)c1cccc(Br)c1C(N)=S. The minimum absolute atomic E-state index is 0.425. The Kier molecular flexibility index (Phi) is 5.19. The molecular formula is C14H19BrN2OS. The van der Waals surface area contributed by atoms with Gasteiger partial charge in [-0.05, 0) is 46.8 Å². The molecule has 0 radical (unpaired) electrons. The van der Waals surface area contributed by atoms with Gasteiger partial charge in [0.25, 0.3) is 0 Å². The van der Waals surface area contributed by atoms with E-state index >= 15 is 0 Å². The minimum atomic E-state index is 0.425. The molecule has 0 bridgehead atoms. The molecule has 1 fully saturated rings. The summed E-state index contributed by atoms with van der Waals surface area (Å²) in [5, 5.41) is 0. The number of nitrogens with zero attached hydrogens (tertiary/aromatic N) is 1. The van der Waals surface area contributed by atoms with Crippen molar-refractivity contribution in [3.05, 3.63) is 28.2 Å². The Balaban J connectivity index is 2.16. The van der Waals surface area contributed by atoms with Gasteiger partial charge in [-0.2, -0.15) is 0 Å². The lowest BCUT2D eigenvalue weighted by Crippen LogP contribution is -2.32. The topological polar surface area (TPSA) is 38.5 Å². The normalized spacial score (nSPS) is 19.2. The maximum Gasteiger partial charge on any atom is 0.107 e. The first-order valence-electron chi connectivity index (χ1n) is 6.46. The van der Waals surface area contributed by atoms with Crippen LogP contribution in [-0.2, 0) is 4.74 Å². The maximum absolute atomic E-state index is 5.84. The van der Waals surface area contributed by atoms with Crippen LogP contribution < -0.4 is 10.6 Å². The average molecular weight is 343 g/mol. The standard InChI is InChI=1S/C14H19BrN2OS/c1-17(8-10-4-3-7-18-9-10)12-6-2-5-11(15)13(12)14(16)19/h2,5-6,10H,3-4,7-9H2,1H3,(H2,16,19). The first-order chi connectivity index (χ1) is 9.09. The Hall–Kier alpha value is -0.650. The van der Waals surface area contributed by atoms with Gasteiger partial charge in [0.15, 0.2) is 0 Å². The number of thiocarbonyl (C=S) groups is 1. The molecule has 3 nitrogen and oxygen atoms in total. The first-order valence-corrected chi connectivity index (χ1v) is 7.67. The lowest BCUT2D eigenvalue weighted by Gasteiger charge is -2.29. The highest BCUT2D eigenvalue weighted by atomic mass is 79.9. The van der Waals surface area contributed by atoms with Gasteiger partial charge in [0.2, 0.25) is 0 Å². The van der Waals surface area contributed by atoms with E-state index in [1.807, 2.05) is 12.1 Å². The highest BCUT2D eigenvalue weighted by Crippen LogP contribution is 2.28. The Morgan fingerprint density at radius 3 is 3.00 bits per heavy atom. The lowest BCUT2D eigenvalue weighted by molar-refractivity contribution is 0.0576. The van der Waals surface area contributed by atoms with Crippen molar-refractivity contribution in [2.24, 2.45) is 11.7 Å². The Bertz CT molecular complexity index is 461. The number of rotatable bonds is 4. The second-order valence-electron chi connectivity index (χ2n) is 4.96. The van der Waals surface area contributed by atoms with Crippen LogP contribution in [0.2, 0.25) is 0 Å². The number of benzene rings is 1. The van der Waals surface area contributed by atoms with Gasteiger partial charge in [-0.3, -0.25) is 0 Å². The molecule has 2 rings (SSSR count). The van der Waals surface area contributed by atoms with Crippen LogP contribution in [0.15, 0.2) is 22.7 Å². The third kappa shape index (κ3) is 3.68. The molecule has 0 aromatic heterocycles. The van der Waals surface area contributed by atoms with Crippen molar-refractivity contribution in [3.63, 3.8) is 0 Å². The van der Waals surface area contributed by atoms with E-state index in [2.05, 4.69) is 33.9 Å².